The van der Waals surface area contributed by atoms with E-state index in [9.17, 15) is 0 Å². The van der Waals surface area contributed by atoms with Gasteiger partial charge in [-0.2, -0.15) is 0 Å². The van der Waals surface area contributed by atoms with Crippen molar-refractivity contribution in [3.8, 4) is 0 Å². The van der Waals surface area contributed by atoms with Gasteiger partial charge in [0.1, 0.15) is 6.33 Å². The van der Waals surface area contributed by atoms with E-state index >= 15 is 0 Å². The van der Waals surface area contributed by atoms with E-state index in [0.717, 1.165) is 33.0 Å². The molecule has 22 heavy (non-hydrogen) atoms. The van der Waals surface area contributed by atoms with Crippen LogP contribution in [0, 0.1) is 0 Å². The summed E-state index contributed by atoms with van der Waals surface area (Å²) in [6, 6.07) is 7.90. The maximum Gasteiger partial charge on any atom is 0.180 e. The Labute approximate surface area is 137 Å². The van der Waals surface area contributed by atoms with E-state index < -0.39 is 0 Å². The van der Waals surface area contributed by atoms with E-state index in [1.54, 1.807) is 6.33 Å². The molecule has 0 amide bonds. The molecule has 7 heteroatoms. The highest BCUT2D eigenvalue weighted by Gasteiger charge is 2.20. The van der Waals surface area contributed by atoms with Gasteiger partial charge in [0, 0.05) is 19.8 Å². The molecule has 0 unspecified atom stereocenters. The first-order chi connectivity index (χ1) is 10.5. The highest BCUT2D eigenvalue weighted by Crippen LogP contribution is 2.30. The third-order valence-electron chi connectivity index (χ3n) is 3.62. The lowest BCUT2D eigenvalue weighted by molar-refractivity contribution is 0.638. The van der Waals surface area contributed by atoms with Crippen molar-refractivity contribution in [2.24, 2.45) is 0 Å². The van der Waals surface area contributed by atoms with Crippen molar-refractivity contribution in [3.05, 3.63) is 40.9 Å². The van der Waals surface area contributed by atoms with Crippen LogP contribution in [0.4, 0.5) is 11.5 Å². The summed E-state index contributed by atoms with van der Waals surface area (Å²) in [5.74, 6) is 0.796. The molecule has 114 valence electrons. The van der Waals surface area contributed by atoms with Gasteiger partial charge in [-0.1, -0.05) is 12.1 Å². The number of halogens is 1. The van der Waals surface area contributed by atoms with Crippen molar-refractivity contribution < 1.29 is 0 Å². The van der Waals surface area contributed by atoms with Gasteiger partial charge in [0.25, 0.3) is 0 Å². The zero-order valence-corrected chi connectivity index (χ0v) is 14.2. The van der Waals surface area contributed by atoms with E-state index in [-0.39, 0.29) is 6.04 Å². The molecule has 0 aliphatic heterocycles. The Morgan fingerprint density at radius 2 is 2.05 bits per heavy atom. The summed E-state index contributed by atoms with van der Waals surface area (Å²) in [5, 5.41) is 0. The first kappa shape index (κ1) is 14.8. The molecule has 2 heterocycles. The maximum absolute atomic E-state index is 5.90. The van der Waals surface area contributed by atoms with Gasteiger partial charge in [-0.3, -0.25) is 4.57 Å². The molecule has 2 N–H and O–H groups in total. The lowest BCUT2D eigenvalue weighted by Gasteiger charge is -2.16. The molecule has 3 aromatic rings. The minimum absolute atomic E-state index is 0.0489. The fourth-order valence-electron chi connectivity index (χ4n) is 2.51. The van der Waals surface area contributed by atoms with Crippen molar-refractivity contribution in [1.29, 1.82) is 0 Å². The summed E-state index contributed by atoms with van der Waals surface area (Å²) < 4.78 is 2.76. The van der Waals surface area contributed by atoms with Gasteiger partial charge in [0.2, 0.25) is 0 Å². The smallest absolute Gasteiger partial charge is 0.180 e. The Morgan fingerprint density at radius 1 is 1.27 bits per heavy atom. The summed E-state index contributed by atoms with van der Waals surface area (Å²) in [5.41, 5.74) is 9.31. The lowest BCUT2D eigenvalue weighted by Crippen LogP contribution is -2.12. The minimum atomic E-state index is 0.0489. The zero-order chi connectivity index (χ0) is 15.9. The van der Waals surface area contributed by atoms with Crippen LogP contribution in [-0.2, 0) is 0 Å². The number of nitrogens with zero attached hydrogens (tertiary/aromatic N) is 5. The van der Waals surface area contributed by atoms with Crippen LogP contribution in [0.1, 0.15) is 18.5 Å². The number of hydrogen-bond acceptors (Lipinski definition) is 5. The first-order valence-electron chi connectivity index (χ1n) is 6.90. The van der Waals surface area contributed by atoms with Crippen molar-refractivity contribution in [2.45, 2.75) is 13.0 Å². The van der Waals surface area contributed by atoms with E-state index in [0.29, 0.717) is 0 Å². The highest BCUT2D eigenvalue weighted by molar-refractivity contribution is 9.10. The normalized spacial score (nSPS) is 12.5. The van der Waals surface area contributed by atoms with Crippen LogP contribution in [0.3, 0.4) is 0 Å². The summed E-state index contributed by atoms with van der Waals surface area (Å²) in [6.07, 6.45) is 1.56. The second-order valence-electron chi connectivity index (χ2n) is 5.36. The van der Waals surface area contributed by atoms with Crippen LogP contribution in [0.2, 0.25) is 0 Å². The van der Waals surface area contributed by atoms with Crippen molar-refractivity contribution >= 4 is 38.6 Å². The van der Waals surface area contributed by atoms with E-state index in [2.05, 4.69) is 37.8 Å². The summed E-state index contributed by atoms with van der Waals surface area (Å²) in [7, 11) is 3.88. The molecule has 1 aromatic carbocycles. The Bertz CT molecular complexity index is 826. The Hall–Kier alpha value is -2.15. The van der Waals surface area contributed by atoms with Crippen LogP contribution in [0.5, 0.6) is 0 Å². The fraction of sp³-hybridized carbons (Fsp3) is 0.267. The van der Waals surface area contributed by atoms with Crippen LogP contribution in [-0.4, -0.2) is 33.6 Å². The predicted molar refractivity (Wildman–Crippen MR) is 92.0 cm³/mol. The monoisotopic (exact) mass is 360 g/mol. The van der Waals surface area contributed by atoms with Gasteiger partial charge in [0.15, 0.2) is 21.7 Å². The molecule has 1 atom stereocenters. The first-order valence-corrected chi connectivity index (χ1v) is 7.69. The number of benzene rings is 1. The zero-order valence-electron chi connectivity index (χ0n) is 12.7. The number of aromatic nitrogens is 4. The number of fused-ring (bicyclic) bond motifs is 1. The second-order valence-corrected chi connectivity index (χ2v) is 6.07. The van der Waals surface area contributed by atoms with Gasteiger partial charge < -0.3 is 10.6 Å². The van der Waals surface area contributed by atoms with Gasteiger partial charge in [-0.05, 0) is 40.5 Å². The largest absolute Gasteiger partial charge is 0.399 e. The van der Waals surface area contributed by atoms with Gasteiger partial charge >= 0.3 is 0 Å². The molecule has 0 fully saturated rings. The highest BCUT2D eigenvalue weighted by atomic mass is 79.9. The number of rotatable bonds is 3. The average molecular weight is 361 g/mol. The Morgan fingerprint density at radius 3 is 2.73 bits per heavy atom. The molecule has 0 radical (unpaired) electrons. The maximum atomic E-state index is 5.90. The number of hydrogen-bond donors (Lipinski definition) is 1. The summed E-state index contributed by atoms with van der Waals surface area (Å²) in [4.78, 5) is 15.2. The van der Waals surface area contributed by atoms with Crippen LogP contribution in [0.25, 0.3) is 11.2 Å². The minimum Gasteiger partial charge on any atom is -0.399 e. The molecular weight excluding hydrogens is 344 g/mol. The summed E-state index contributed by atoms with van der Waals surface area (Å²) >= 11 is 3.54. The number of imidazole rings is 1. The molecule has 0 aliphatic carbocycles. The SMILES string of the molecule is C[C@@H](c1cccc(N)c1)n1c(Br)nc2c(N(C)C)ncnc21. The summed E-state index contributed by atoms with van der Waals surface area (Å²) in [6.45, 7) is 2.10. The standard InChI is InChI=1S/C15H17BrN6/c1-9(10-5-4-6-11(17)7-10)22-14-12(20-15(22)16)13(21(2)3)18-8-19-14/h4-9H,17H2,1-3H3/t9-/m0/s1. The van der Waals surface area contributed by atoms with Gasteiger partial charge in [0.05, 0.1) is 6.04 Å². The van der Waals surface area contributed by atoms with Crippen molar-refractivity contribution in [3.63, 3.8) is 0 Å². The number of nitrogen functional groups attached to an aromatic ring is 1. The third kappa shape index (κ3) is 2.41. The van der Waals surface area contributed by atoms with E-state index in [1.807, 2.05) is 47.8 Å². The van der Waals surface area contributed by atoms with Crippen molar-refractivity contribution in [1.82, 2.24) is 19.5 Å². The fourth-order valence-corrected chi connectivity index (χ4v) is 3.16. The lowest BCUT2D eigenvalue weighted by atomic mass is 10.1. The second kappa shape index (κ2) is 5.57. The third-order valence-corrected chi connectivity index (χ3v) is 4.18. The van der Waals surface area contributed by atoms with Crippen molar-refractivity contribution in [2.75, 3.05) is 24.7 Å². The molecule has 0 spiro atoms. The van der Waals surface area contributed by atoms with Gasteiger partial charge in [-0.25, -0.2) is 15.0 Å². The predicted octanol–water partition coefficient (Wildman–Crippen LogP) is 2.85. The molecule has 0 saturated carbocycles. The van der Waals surface area contributed by atoms with Crippen LogP contribution >= 0.6 is 15.9 Å². The Kier molecular flexibility index (Phi) is 3.74. The number of nitrogens with two attached hydrogens (primary N) is 1. The van der Waals surface area contributed by atoms with Crippen LogP contribution in [0.15, 0.2) is 35.3 Å². The molecule has 0 saturated heterocycles. The molecule has 6 nitrogen and oxygen atoms in total. The van der Waals surface area contributed by atoms with E-state index in [4.69, 9.17) is 5.73 Å². The molecule has 3 rings (SSSR count). The Balaban J connectivity index is 2.19. The van der Waals surface area contributed by atoms with Gasteiger partial charge in [-0.15, -0.1) is 0 Å². The molecule has 2 aromatic heterocycles. The topological polar surface area (TPSA) is 72.9 Å². The molecule has 0 bridgehead atoms. The van der Waals surface area contributed by atoms with E-state index in [1.165, 1.54) is 0 Å². The quantitative estimate of drug-likeness (QED) is 0.574. The molecular formula is C15H17BrN6. The molecule has 0 aliphatic rings. The number of anilines is 2. The van der Waals surface area contributed by atoms with Crippen LogP contribution < -0.4 is 10.6 Å². The average Bonchev–Trinajstić information content (AvgIpc) is 2.82.